The predicted octanol–water partition coefficient (Wildman–Crippen LogP) is 2.44. The third kappa shape index (κ3) is 2.49. The number of allylic oxidation sites excluding steroid dienone is 2. The van der Waals surface area contributed by atoms with Gasteiger partial charge in [0.1, 0.15) is 0 Å². The average molecular weight is 338 g/mol. The van der Waals surface area contributed by atoms with Crippen LogP contribution in [0.25, 0.3) is 0 Å². The Morgan fingerprint density at radius 3 is 2.40 bits per heavy atom. The molecule has 130 valence electrons. The average Bonchev–Trinajstić information content (AvgIpc) is 3.25. The standard InChI is InChI=1S/C20H22N2O3/c1-11-4-3-5-15(12(11)2)21-16(23)8-9-22-19(24)17-13-6-7-14(10-13)18(17)20(22)25/h3-7,13-14,17-18H,8-10H2,1-2H3,(H,21,23)/t13-,14-,17+,18+/m0/s1. The van der Waals surface area contributed by atoms with Crippen molar-refractivity contribution in [2.24, 2.45) is 23.7 Å². The van der Waals surface area contributed by atoms with Crippen LogP contribution in [-0.2, 0) is 14.4 Å². The molecular weight excluding hydrogens is 316 g/mol. The summed E-state index contributed by atoms with van der Waals surface area (Å²) in [6.07, 6.45) is 5.21. The molecule has 3 amide bonds. The van der Waals surface area contributed by atoms with Crippen LogP contribution in [0.2, 0.25) is 0 Å². The number of imide groups is 1. The number of carbonyl (C=O) groups excluding carboxylic acids is 3. The molecule has 0 spiro atoms. The Kier molecular flexibility index (Phi) is 3.74. The quantitative estimate of drug-likeness (QED) is 0.677. The van der Waals surface area contributed by atoms with Crippen molar-refractivity contribution in [1.29, 1.82) is 0 Å². The number of aryl methyl sites for hydroxylation is 1. The van der Waals surface area contributed by atoms with Crippen LogP contribution in [0.5, 0.6) is 0 Å². The number of likely N-dealkylation sites (tertiary alicyclic amines) is 1. The first-order chi connectivity index (χ1) is 12.0. The number of anilines is 1. The van der Waals surface area contributed by atoms with Crippen LogP contribution < -0.4 is 5.32 Å². The molecule has 1 saturated carbocycles. The number of benzene rings is 1. The lowest BCUT2D eigenvalue weighted by Gasteiger charge is -2.17. The zero-order valence-corrected chi connectivity index (χ0v) is 14.5. The molecule has 25 heavy (non-hydrogen) atoms. The molecule has 1 aromatic rings. The third-order valence-corrected chi connectivity index (χ3v) is 6.00. The fourth-order valence-corrected chi connectivity index (χ4v) is 4.50. The van der Waals surface area contributed by atoms with E-state index in [1.54, 1.807) is 0 Å². The van der Waals surface area contributed by atoms with E-state index < -0.39 is 0 Å². The molecule has 1 aromatic carbocycles. The van der Waals surface area contributed by atoms with Gasteiger partial charge in [-0.05, 0) is 49.3 Å². The fraction of sp³-hybridized carbons (Fsp3) is 0.450. The minimum atomic E-state index is -0.190. The van der Waals surface area contributed by atoms with Crippen molar-refractivity contribution in [3.8, 4) is 0 Å². The lowest BCUT2D eigenvalue weighted by Crippen LogP contribution is -2.35. The van der Waals surface area contributed by atoms with Gasteiger partial charge in [0.2, 0.25) is 17.7 Å². The smallest absolute Gasteiger partial charge is 0.233 e. The largest absolute Gasteiger partial charge is 0.326 e. The molecule has 2 fully saturated rings. The summed E-state index contributed by atoms with van der Waals surface area (Å²) >= 11 is 0. The van der Waals surface area contributed by atoms with Crippen LogP contribution >= 0.6 is 0 Å². The summed E-state index contributed by atoms with van der Waals surface area (Å²) in [4.78, 5) is 38.8. The molecular formula is C20H22N2O3. The summed E-state index contributed by atoms with van der Waals surface area (Å²) in [5, 5.41) is 2.88. The molecule has 1 saturated heterocycles. The van der Waals surface area contributed by atoms with Crippen molar-refractivity contribution in [2.75, 3.05) is 11.9 Å². The Hall–Kier alpha value is -2.43. The number of nitrogens with zero attached hydrogens (tertiary/aromatic N) is 1. The van der Waals surface area contributed by atoms with E-state index in [1.807, 2.05) is 32.0 Å². The SMILES string of the molecule is Cc1cccc(NC(=O)CCN2C(=O)[C@H]3[C@H](C2=O)[C@H]2C=C[C@H]3C2)c1C. The highest BCUT2D eigenvalue weighted by molar-refractivity contribution is 6.06. The van der Waals surface area contributed by atoms with Crippen LogP contribution in [0.15, 0.2) is 30.4 Å². The van der Waals surface area contributed by atoms with Gasteiger partial charge in [-0.2, -0.15) is 0 Å². The van der Waals surface area contributed by atoms with Crippen LogP contribution in [0, 0.1) is 37.5 Å². The Balaban J connectivity index is 1.39. The van der Waals surface area contributed by atoms with Crippen molar-refractivity contribution < 1.29 is 14.4 Å². The van der Waals surface area contributed by atoms with Gasteiger partial charge in [0.05, 0.1) is 11.8 Å². The maximum atomic E-state index is 12.6. The third-order valence-electron chi connectivity index (χ3n) is 6.00. The lowest BCUT2D eigenvalue weighted by molar-refractivity contribution is -0.140. The summed E-state index contributed by atoms with van der Waals surface area (Å²) in [7, 11) is 0. The van der Waals surface area contributed by atoms with Crippen molar-refractivity contribution in [3.63, 3.8) is 0 Å². The van der Waals surface area contributed by atoms with E-state index in [-0.39, 0.29) is 54.4 Å². The van der Waals surface area contributed by atoms with Gasteiger partial charge in [-0.25, -0.2) is 0 Å². The molecule has 1 aliphatic heterocycles. The molecule has 1 N–H and O–H groups in total. The molecule has 2 aliphatic carbocycles. The van der Waals surface area contributed by atoms with E-state index in [9.17, 15) is 14.4 Å². The van der Waals surface area contributed by atoms with Crippen LogP contribution in [-0.4, -0.2) is 29.2 Å². The van der Waals surface area contributed by atoms with E-state index in [1.165, 1.54) is 4.90 Å². The summed E-state index contributed by atoms with van der Waals surface area (Å²) in [5.41, 5.74) is 2.92. The molecule has 4 rings (SSSR count). The lowest BCUT2D eigenvalue weighted by atomic mass is 9.85. The predicted molar refractivity (Wildman–Crippen MR) is 93.6 cm³/mol. The molecule has 3 aliphatic rings. The van der Waals surface area contributed by atoms with Crippen molar-refractivity contribution in [3.05, 3.63) is 41.5 Å². The zero-order valence-electron chi connectivity index (χ0n) is 14.5. The van der Waals surface area contributed by atoms with E-state index >= 15 is 0 Å². The minimum Gasteiger partial charge on any atom is -0.326 e. The number of nitrogens with one attached hydrogen (secondary N) is 1. The van der Waals surface area contributed by atoms with Gasteiger partial charge in [-0.1, -0.05) is 24.3 Å². The second kappa shape index (κ2) is 5.83. The molecule has 2 bridgehead atoms. The van der Waals surface area contributed by atoms with Crippen LogP contribution in [0.4, 0.5) is 5.69 Å². The maximum Gasteiger partial charge on any atom is 0.233 e. The van der Waals surface area contributed by atoms with Crippen LogP contribution in [0.1, 0.15) is 24.0 Å². The van der Waals surface area contributed by atoms with Gasteiger partial charge in [0.15, 0.2) is 0 Å². The van der Waals surface area contributed by atoms with E-state index in [0.717, 1.165) is 23.2 Å². The van der Waals surface area contributed by atoms with Crippen molar-refractivity contribution >= 4 is 23.4 Å². The second-order valence-electron chi connectivity index (χ2n) is 7.37. The minimum absolute atomic E-state index is 0.0913. The maximum absolute atomic E-state index is 12.6. The monoisotopic (exact) mass is 338 g/mol. The summed E-state index contributed by atoms with van der Waals surface area (Å²) in [6.45, 7) is 4.12. The normalized spacial score (nSPS) is 29.4. The topological polar surface area (TPSA) is 66.5 Å². The summed E-state index contributed by atoms with van der Waals surface area (Å²) in [6, 6.07) is 5.75. The van der Waals surface area contributed by atoms with E-state index in [4.69, 9.17) is 0 Å². The molecule has 5 heteroatoms. The molecule has 0 aromatic heterocycles. The van der Waals surface area contributed by atoms with Gasteiger partial charge in [0, 0.05) is 18.7 Å². The number of carbonyl (C=O) groups is 3. The van der Waals surface area contributed by atoms with Gasteiger partial charge >= 0.3 is 0 Å². The molecule has 4 atom stereocenters. The second-order valence-corrected chi connectivity index (χ2v) is 7.37. The fourth-order valence-electron chi connectivity index (χ4n) is 4.50. The number of hydrogen-bond donors (Lipinski definition) is 1. The Morgan fingerprint density at radius 1 is 1.12 bits per heavy atom. The van der Waals surface area contributed by atoms with Crippen LogP contribution in [0.3, 0.4) is 0 Å². The molecule has 5 nitrogen and oxygen atoms in total. The number of rotatable bonds is 4. The highest BCUT2D eigenvalue weighted by Crippen LogP contribution is 2.52. The highest BCUT2D eigenvalue weighted by atomic mass is 16.2. The Bertz CT molecular complexity index is 768. The zero-order chi connectivity index (χ0) is 17.7. The molecule has 0 unspecified atom stereocenters. The first-order valence-electron chi connectivity index (χ1n) is 8.87. The number of amides is 3. The van der Waals surface area contributed by atoms with Gasteiger partial charge < -0.3 is 5.32 Å². The summed E-state index contributed by atoms with van der Waals surface area (Å²) < 4.78 is 0. The van der Waals surface area contributed by atoms with Crippen molar-refractivity contribution in [2.45, 2.75) is 26.7 Å². The molecule has 0 radical (unpaired) electrons. The van der Waals surface area contributed by atoms with E-state index in [2.05, 4.69) is 17.5 Å². The van der Waals surface area contributed by atoms with Gasteiger partial charge in [-0.15, -0.1) is 0 Å². The Labute approximate surface area is 147 Å². The van der Waals surface area contributed by atoms with Gasteiger partial charge in [0.25, 0.3) is 0 Å². The Morgan fingerprint density at radius 2 is 1.76 bits per heavy atom. The summed E-state index contributed by atoms with van der Waals surface area (Å²) in [5.74, 6) is -0.320. The first-order valence-corrected chi connectivity index (χ1v) is 8.87. The first kappa shape index (κ1) is 16.1. The number of hydrogen-bond acceptors (Lipinski definition) is 3. The van der Waals surface area contributed by atoms with Crippen molar-refractivity contribution in [1.82, 2.24) is 4.90 Å². The molecule has 1 heterocycles. The number of fused-ring (bicyclic) bond motifs is 5. The highest BCUT2D eigenvalue weighted by Gasteiger charge is 2.58. The van der Waals surface area contributed by atoms with E-state index in [0.29, 0.717) is 0 Å². The van der Waals surface area contributed by atoms with Gasteiger partial charge in [-0.3, -0.25) is 19.3 Å².